The van der Waals surface area contributed by atoms with Gasteiger partial charge in [-0.1, -0.05) is 30.3 Å². The Labute approximate surface area is 150 Å². The number of carbonyl (C=O) groups is 2. The van der Waals surface area contributed by atoms with E-state index in [1.54, 1.807) is 36.4 Å². The molecule has 0 amide bonds. The predicted octanol–water partition coefficient (Wildman–Crippen LogP) is 3.98. The van der Waals surface area contributed by atoms with E-state index in [4.69, 9.17) is 9.15 Å². The van der Waals surface area contributed by atoms with Gasteiger partial charge in [-0.05, 0) is 54.8 Å². The minimum Gasteiger partial charge on any atom is -0.479 e. The summed E-state index contributed by atoms with van der Waals surface area (Å²) in [6.45, 7) is 0. The van der Waals surface area contributed by atoms with Crippen molar-refractivity contribution in [2.45, 2.75) is 18.9 Å². The van der Waals surface area contributed by atoms with Crippen LogP contribution >= 0.6 is 0 Å². The number of furan rings is 1. The third kappa shape index (κ3) is 4.39. The SMILES string of the molecule is O=C(c1ccc(OC(CCc2ccccc2)C(=O)O)cc1)c1ccco1. The van der Waals surface area contributed by atoms with E-state index in [1.807, 2.05) is 30.3 Å². The van der Waals surface area contributed by atoms with Crippen molar-refractivity contribution in [1.29, 1.82) is 0 Å². The van der Waals surface area contributed by atoms with E-state index in [2.05, 4.69) is 0 Å². The first-order valence-electron chi connectivity index (χ1n) is 8.25. The molecule has 0 spiro atoms. The third-order valence-electron chi connectivity index (χ3n) is 3.95. The first kappa shape index (κ1) is 17.5. The topological polar surface area (TPSA) is 76.7 Å². The fourth-order valence-electron chi connectivity index (χ4n) is 2.57. The summed E-state index contributed by atoms with van der Waals surface area (Å²) in [6.07, 6.45) is 1.44. The van der Waals surface area contributed by atoms with Gasteiger partial charge in [-0.3, -0.25) is 4.79 Å². The summed E-state index contributed by atoms with van der Waals surface area (Å²) in [5, 5.41) is 9.39. The van der Waals surface area contributed by atoms with Crippen LogP contribution in [-0.4, -0.2) is 23.0 Å². The van der Waals surface area contributed by atoms with Crippen LogP contribution in [0.5, 0.6) is 5.75 Å². The van der Waals surface area contributed by atoms with E-state index in [-0.39, 0.29) is 11.5 Å². The molecule has 2 aromatic carbocycles. The number of carboxylic acid groups (broad SMARTS) is 1. The molecule has 132 valence electrons. The van der Waals surface area contributed by atoms with Crippen LogP contribution in [0.25, 0.3) is 0 Å². The zero-order valence-corrected chi connectivity index (χ0v) is 14.0. The fraction of sp³-hybridized carbons (Fsp3) is 0.143. The zero-order chi connectivity index (χ0) is 18.4. The molecule has 0 saturated carbocycles. The zero-order valence-electron chi connectivity index (χ0n) is 14.0. The molecule has 0 radical (unpaired) electrons. The van der Waals surface area contributed by atoms with Gasteiger partial charge in [-0.2, -0.15) is 0 Å². The van der Waals surface area contributed by atoms with E-state index in [9.17, 15) is 14.7 Å². The van der Waals surface area contributed by atoms with Crippen LogP contribution in [-0.2, 0) is 11.2 Å². The van der Waals surface area contributed by atoms with Crippen LogP contribution in [0, 0.1) is 0 Å². The van der Waals surface area contributed by atoms with E-state index in [0.717, 1.165) is 5.56 Å². The van der Waals surface area contributed by atoms with Crippen molar-refractivity contribution >= 4 is 11.8 Å². The quantitative estimate of drug-likeness (QED) is 0.622. The second-order valence-corrected chi connectivity index (χ2v) is 5.80. The monoisotopic (exact) mass is 350 g/mol. The highest BCUT2D eigenvalue weighted by molar-refractivity contribution is 6.07. The number of aryl methyl sites for hydroxylation is 1. The highest BCUT2D eigenvalue weighted by atomic mass is 16.5. The van der Waals surface area contributed by atoms with Crippen LogP contribution in [0.4, 0.5) is 0 Å². The Hall–Kier alpha value is -3.34. The van der Waals surface area contributed by atoms with E-state index >= 15 is 0 Å². The Morgan fingerprint density at radius 3 is 2.31 bits per heavy atom. The average Bonchev–Trinajstić information content (AvgIpc) is 3.20. The Kier molecular flexibility index (Phi) is 5.49. The van der Waals surface area contributed by atoms with Crippen molar-refractivity contribution in [3.8, 4) is 5.75 Å². The van der Waals surface area contributed by atoms with Gasteiger partial charge in [-0.25, -0.2) is 4.79 Å². The molecule has 1 aromatic heterocycles. The van der Waals surface area contributed by atoms with Crippen LogP contribution < -0.4 is 4.74 Å². The average molecular weight is 350 g/mol. The molecule has 1 N–H and O–H groups in total. The van der Waals surface area contributed by atoms with Gasteiger partial charge in [-0.15, -0.1) is 0 Å². The molecule has 0 bridgehead atoms. The van der Waals surface area contributed by atoms with Gasteiger partial charge in [0.15, 0.2) is 11.9 Å². The maximum Gasteiger partial charge on any atom is 0.344 e. The van der Waals surface area contributed by atoms with Crippen molar-refractivity contribution in [1.82, 2.24) is 0 Å². The van der Waals surface area contributed by atoms with Crippen LogP contribution in [0.3, 0.4) is 0 Å². The molecule has 3 aromatic rings. The number of rotatable bonds is 8. The molecule has 1 heterocycles. The molecule has 1 unspecified atom stereocenters. The van der Waals surface area contributed by atoms with Crippen LogP contribution in [0.15, 0.2) is 77.4 Å². The first-order valence-corrected chi connectivity index (χ1v) is 8.25. The summed E-state index contributed by atoms with van der Waals surface area (Å²) in [5.41, 5.74) is 1.50. The number of ketones is 1. The fourth-order valence-corrected chi connectivity index (χ4v) is 2.57. The van der Waals surface area contributed by atoms with Crippen LogP contribution in [0.1, 0.15) is 28.1 Å². The maximum absolute atomic E-state index is 12.2. The molecule has 26 heavy (non-hydrogen) atoms. The van der Waals surface area contributed by atoms with Gasteiger partial charge in [0.2, 0.25) is 5.78 Å². The van der Waals surface area contributed by atoms with Gasteiger partial charge < -0.3 is 14.3 Å². The summed E-state index contributed by atoms with van der Waals surface area (Å²) in [4.78, 5) is 23.6. The van der Waals surface area contributed by atoms with Crippen molar-refractivity contribution in [3.63, 3.8) is 0 Å². The summed E-state index contributed by atoms with van der Waals surface area (Å²) in [6, 6.07) is 19.3. The summed E-state index contributed by atoms with van der Waals surface area (Å²) in [5.74, 6) is -0.594. The number of hydrogen-bond acceptors (Lipinski definition) is 4. The van der Waals surface area contributed by atoms with Crippen LogP contribution in [0.2, 0.25) is 0 Å². The second-order valence-electron chi connectivity index (χ2n) is 5.80. The van der Waals surface area contributed by atoms with Crippen molar-refractivity contribution in [2.24, 2.45) is 0 Å². The minimum atomic E-state index is -1.02. The van der Waals surface area contributed by atoms with Crippen molar-refractivity contribution < 1.29 is 23.8 Å². The largest absolute Gasteiger partial charge is 0.479 e. The molecule has 5 heteroatoms. The van der Waals surface area contributed by atoms with Gasteiger partial charge in [0.05, 0.1) is 6.26 Å². The molecule has 0 aliphatic rings. The standard InChI is InChI=1S/C21H18O5/c22-20(18-7-4-14-25-18)16-9-11-17(12-10-16)26-19(21(23)24)13-8-15-5-2-1-3-6-15/h1-7,9-12,14,19H,8,13H2,(H,23,24). The third-order valence-corrected chi connectivity index (χ3v) is 3.95. The van der Waals surface area contributed by atoms with Crippen molar-refractivity contribution in [2.75, 3.05) is 0 Å². The number of hydrogen-bond donors (Lipinski definition) is 1. The Bertz CT molecular complexity index is 851. The van der Waals surface area contributed by atoms with E-state index in [0.29, 0.717) is 24.2 Å². The Morgan fingerprint density at radius 1 is 0.962 bits per heavy atom. The van der Waals surface area contributed by atoms with Gasteiger partial charge in [0, 0.05) is 5.56 Å². The second kappa shape index (κ2) is 8.16. The van der Waals surface area contributed by atoms with Gasteiger partial charge >= 0.3 is 5.97 Å². The Balaban J connectivity index is 1.64. The van der Waals surface area contributed by atoms with Gasteiger partial charge in [0.25, 0.3) is 0 Å². The normalized spacial score (nSPS) is 11.7. The highest BCUT2D eigenvalue weighted by Crippen LogP contribution is 2.18. The summed E-state index contributed by atoms with van der Waals surface area (Å²) < 4.78 is 10.7. The molecule has 3 rings (SSSR count). The molecular weight excluding hydrogens is 332 g/mol. The number of carboxylic acids is 1. The lowest BCUT2D eigenvalue weighted by molar-refractivity contribution is -0.145. The molecule has 0 fully saturated rings. The molecule has 1 atom stereocenters. The Morgan fingerprint density at radius 2 is 1.69 bits per heavy atom. The lowest BCUT2D eigenvalue weighted by atomic mass is 10.1. The van der Waals surface area contributed by atoms with Crippen molar-refractivity contribution in [3.05, 3.63) is 89.9 Å². The molecule has 0 aliphatic carbocycles. The number of ether oxygens (including phenoxy) is 1. The molecule has 0 aliphatic heterocycles. The molecule has 5 nitrogen and oxygen atoms in total. The minimum absolute atomic E-state index is 0.236. The number of carbonyl (C=O) groups excluding carboxylic acids is 1. The van der Waals surface area contributed by atoms with E-state index < -0.39 is 12.1 Å². The number of aliphatic carboxylic acids is 1. The predicted molar refractivity (Wildman–Crippen MR) is 95.4 cm³/mol. The smallest absolute Gasteiger partial charge is 0.344 e. The summed E-state index contributed by atoms with van der Waals surface area (Å²) >= 11 is 0. The van der Waals surface area contributed by atoms with Gasteiger partial charge in [0.1, 0.15) is 5.75 Å². The highest BCUT2D eigenvalue weighted by Gasteiger charge is 2.20. The lowest BCUT2D eigenvalue weighted by Crippen LogP contribution is -2.27. The maximum atomic E-state index is 12.2. The number of benzene rings is 2. The molecular formula is C21H18O5. The molecule has 0 saturated heterocycles. The summed E-state index contributed by atoms with van der Waals surface area (Å²) in [7, 11) is 0. The van der Waals surface area contributed by atoms with E-state index in [1.165, 1.54) is 6.26 Å². The first-order chi connectivity index (χ1) is 12.6. The lowest BCUT2D eigenvalue weighted by Gasteiger charge is -2.15.